The second-order valence-corrected chi connectivity index (χ2v) is 9.85. The van der Waals surface area contributed by atoms with Crippen LogP contribution in [0.15, 0.2) is 45.8 Å². The van der Waals surface area contributed by atoms with E-state index in [1.165, 1.54) is 19.8 Å². The van der Waals surface area contributed by atoms with Crippen LogP contribution in [-0.2, 0) is 32.1 Å². The lowest BCUT2D eigenvalue weighted by molar-refractivity contribution is -0.143. The number of ether oxygens (including phenoxy) is 3. The Morgan fingerprint density at radius 1 is 1.14 bits per heavy atom. The zero-order valence-electron chi connectivity index (χ0n) is 19.6. The van der Waals surface area contributed by atoms with Crippen molar-refractivity contribution in [2.24, 2.45) is 0 Å². The number of rotatable bonds is 7. The van der Waals surface area contributed by atoms with Crippen LogP contribution in [0, 0.1) is 0 Å². The Balaban J connectivity index is 1.47. The number of hydrogen-bond donors (Lipinski definition) is 0. The monoisotopic (exact) mass is 574 g/mol. The molecular formula is C25H23BrN2O7S. The van der Waals surface area contributed by atoms with Crippen molar-refractivity contribution < 1.29 is 33.4 Å². The SMILES string of the molecule is COC(=O)COc1c(Br)cc(/C=C2\SC(=O)N(CC(=O)N3CCc4ccccc4C3)C2=O)cc1OC. The number of carbonyl (C=O) groups is 4. The standard InChI is InChI=1S/C25H23BrN2O7S/c1-33-19-10-15(9-18(26)23(19)35-14-22(30)34-2)11-20-24(31)28(25(32)36-20)13-21(29)27-8-7-16-5-3-4-6-17(16)12-27/h3-6,9-11H,7-8,12-14H2,1-2H3/b20-11-. The van der Waals surface area contributed by atoms with Gasteiger partial charge in [-0.05, 0) is 69.0 Å². The molecule has 0 aromatic heterocycles. The second-order valence-electron chi connectivity index (χ2n) is 8.00. The van der Waals surface area contributed by atoms with Crippen molar-refractivity contribution in [2.45, 2.75) is 13.0 Å². The number of hydrogen-bond acceptors (Lipinski definition) is 8. The molecule has 1 saturated heterocycles. The van der Waals surface area contributed by atoms with Gasteiger partial charge in [-0.1, -0.05) is 24.3 Å². The van der Waals surface area contributed by atoms with Crippen LogP contribution in [0.5, 0.6) is 11.5 Å². The predicted molar refractivity (Wildman–Crippen MR) is 136 cm³/mol. The third-order valence-corrected chi connectivity index (χ3v) is 7.26. The zero-order valence-corrected chi connectivity index (χ0v) is 22.0. The lowest BCUT2D eigenvalue weighted by atomic mass is 10.00. The normalized spacial score (nSPS) is 16.2. The van der Waals surface area contributed by atoms with Gasteiger partial charge in [0, 0.05) is 13.1 Å². The van der Waals surface area contributed by atoms with E-state index >= 15 is 0 Å². The first-order valence-corrected chi connectivity index (χ1v) is 12.6. The number of halogens is 1. The molecule has 0 saturated carbocycles. The summed E-state index contributed by atoms with van der Waals surface area (Å²) in [5.74, 6) is -0.743. The molecule has 0 bridgehead atoms. The van der Waals surface area contributed by atoms with Crippen molar-refractivity contribution in [3.63, 3.8) is 0 Å². The van der Waals surface area contributed by atoms with Crippen molar-refractivity contribution in [2.75, 3.05) is 33.9 Å². The van der Waals surface area contributed by atoms with E-state index in [-0.39, 0.29) is 24.0 Å². The van der Waals surface area contributed by atoms with Crippen LogP contribution in [0.25, 0.3) is 6.08 Å². The van der Waals surface area contributed by atoms with Crippen LogP contribution in [0.1, 0.15) is 16.7 Å². The van der Waals surface area contributed by atoms with E-state index in [1.54, 1.807) is 23.1 Å². The van der Waals surface area contributed by atoms with E-state index in [2.05, 4.69) is 20.7 Å². The van der Waals surface area contributed by atoms with Crippen LogP contribution in [0.2, 0.25) is 0 Å². The maximum absolute atomic E-state index is 13.0. The molecule has 2 aliphatic heterocycles. The summed E-state index contributed by atoms with van der Waals surface area (Å²) in [7, 11) is 2.70. The summed E-state index contributed by atoms with van der Waals surface area (Å²) in [4.78, 5) is 52.7. The largest absolute Gasteiger partial charge is 0.493 e. The molecule has 2 heterocycles. The highest BCUT2D eigenvalue weighted by atomic mass is 79.9. The van der Waals surface area contributed by atoms with E-state index in [4.69, 9.17) is 9.47 Å². The topological polar surface area (TPSA) is 102 Å². The van der Waals surface area contributed by atoms with Gasteiger partial charge in [0.2, 0.25) is 5.91 Å². The van der Waals surface area contributed by atoms with Gasteiger partial charge in [0.15, 0.2) is 18.1 Å². The molecule has 0 N–H and O–H groups in total. The molecule has 36 heavy (non-hydrogen) atoms. The summed E-state index contributed by atoms with van der Waals surface area (Å²) < 4.78 is 15.9. The van der Waals surface area contributed by atoms with Crippen molar-refractivity contribution in [3.8, 4) is 11.5 Å². The maximum atomic E-state index is 13.0. The Morgan fingerprint density at radius 3 is 2.61 bits per heavy atom. The molecule has 0 aliphatic carbocycles. The van der Waals surface area contributed by atoms with E-state index in [0.29, 0.717) is 34.6 Å². The van der Waals surface area contributed by atoms with Gasteiger partial charge in [0.1, 0.15) is 6.54 Å². The lowest BCUT2D eigenvalue weighted by Crippen LogP contribution is -2.44. The number of fused-ring (bicyclic) bond motifs is 1. The zero-order chi connectivity index (χ0) is 25.8. The Morgan fingerprint density at radius 2 is 1.89 bits per heavy atom. The molecule has 0 atom stereocenters. The number of methoxy groups -OCH3 is 2. The maximum Gasteiger partial charge on any atom is 0.343 e. The average molecular weight is 575 g/mol. The molecule has 1 fully saturated rings. The minimum atomic E-state index is -0.551. The summed E-state index contributed by atoms with van der Waals surface area (Å²) in [6, 6.07) is 11.2. The number of esters is 1. The third kappa shape index (κ3) is 5.57. The highest BCUT2D eigenvalue weighted by Crippen LogP contribution is 2.39. The fourth-order valence-corrected chi connectivity index (χ4v) is 5.30. The summed E-state index contributed by atoms with van der Waals surface area (Å²) in [5.41, 5.74) is 2.84. The molecule has 11 heteroatoms. The first kappa shape index (κ1) is 25.8. The molecule has 0 radical (unpaired) electrons. The second kappa shape index (κ2) is 11.2. The Labute approximate surface area is 220 Å². The smallest absolute Gasteiger partial charge is 0.343 e. The third-order valence-electron chi connectivity index (χ3n) is 5.76. The summed E-state index contributed by atoms with van der Waals surface area (Å²) in [6.07, 6.45) is 2.28. The average Bonchev–Trinajstić information content (AvgIpc) is 3.14. The minimum Gasteiger partial charge on any atom is -0.493 e. The van der Waals surface area contributed by atoms with Crippen LogP contribution in [-0.4, -0.2) is 66.7 Å². The molecule has 188 valence electrons. The Bertz CT molecular complexity index is 1260. The fourth-order valence-electron chi connectivity index (χ4n) is 3.88. The van der Waals surface area contributed by atoms with Gasteiger partial charge < -0.3 is 19.1 Å². The van der Waals surface area contributed by atoms with Gasteiger partial charge >= 0.3 is 5.97 Å². The number of nitrogens with zero attached hydrogens (tertiary/aromatic N) is 2. The fraction of sp³-hybridized carbons (Fsp3) is 0.280. The molecule has 9 nitrogen and oxygen atoms in total. The van der Waals surface area contributed by atoms with Gasteiger partial charge in [0.25, 0.3) is 11.1 Å². The van der Waals surface area contributed by atoms with Gasteiger partial charge in [-0.25, -0.2) is 4.79 Å². The highest BCUT2D eigenvalue weighted by molar-refractivity contribution is 9.10. The lowest BCUT2D eigenvalue weighted by Gasteiger charge is -2.29. The van der Waals surface area contributed by atoms with E-state index in [1.807, 2.05) is 24.3 Å². The number of thioether (sulfide) groups is 1. The Hall–Kier alpha value is -3.31. The van der Waals surface area contributed by atoms with Crippen molar-refractivity contribution in [1.29, 1.82) is 0 Å². The number of benzene rings is 2. The van der Waals surface area contributed by atoms with Gasteiger partial charge in [-0.15, -0.1) is 0 Å². The number of amides is 3. The minimum absolute atomic E-state index is 0.189. The van der Waals surface area contributed by atoms with Crippen LogP contribution in [0.3, 0.4) is 0 Å². The highest BCUT2D eigenvalue weighted by Gasteiger charge is 2.37. The molecular weight excluding hydrogens is 552 g/mol. The van der Waals surface area contributed by atoms with Gasteiger partial charge in [0.05, 0.1) is 23.6 Å². The number of imide groups is 1. The van der Waals surface area contributed by atoms with Crippen LogP contribution < -0.4 is 9.47 Å². The van der Waals surface area contributed by atoms with Crippen molar-refractivity contribution in [1.82, 2.24) is 9.80 Å². The summed E-state index contributed by atoms with van der Waals surface area (Å²) in [5, 5.41) is -0.499. The molecule has 0 spiro atoms. The van der Waals surface area contributed by atoms with Gasteiger partial charge in [-0.2, -0.15) is 0 Å². The molecule has 3 amide bonds. The summed E-state index contributed by atoms with van der Waals surface area (Å²) in [6.45, 7) is 0.386. The first-order chi connectivity index (χ1) is 17.3. The first-order valence-electron chi connectivity index (χ1n) is 11.0. The van der Waals surface area contributed by atoms with Crippen molar-refractivity contribution >= 4 is 56.8 Å². The molecule has 2 aliphatic rings. The quantitative estimate of drug-likeness (QED) is 0.365. The van der Waals surface area contributed by atoms with E-state index in [9.17, 15) is 19.2 Å². The van der Waals surface area contributed by atoms with E-state index in [0.717, 1.165) is 28.6 Å². The van der Waals surface area contributed by atoms with Crippen molar-refractivity contribution in [3.05, 3.63) is 62.5 Å². The molecule has 4 rings (SSSR count). The molecule has 0 unspecified atom stereocenters. The number of carbonyl (C=O) groups excluding carboxylic acids is 4. The van der Waals surface area contributed by atoms with Crippen LogP contribution >= 0.6 is 27.7 Å². The van der Waals surface area contributed by atoms with Crippen LogP contribution in [0.4, 0.5) is 4.79 Å². The molecule has 2 aromatic rings. The van der Waals surface area contributed by atoms with E-state index < -0.39 is 17.1 Å². The predicted octanol–water partition coefficient (Wildman–Crippen LogP) is 3.63. The Kier molecular flexibility index (Phi) is 8.00. The molecule has 2 aromatic carbocycles. The summed E-state index contributed by atoms with van der Waals surface area (Å²) >= 11 is 4.16. The van der Waals surface area contributed by atoms with Gasteiger partial charge in [-0.3, -0.25) is 19.3 Å².